The molecule has 0 amide bonds. The van der Waals surface area contributed by atoms with Crippen molar-refractivity contribution in [3.8, 4) is 0 Å². The Morgan fingerprint density at radius 2 is 2.25 bits per heavy atom. The molecule has 0 radical (unpaired) electrons. The highest BCUT2D eigenvalue weighted by Gasteiger charge is 2.28. The monoisotopic (exact) mass is 274 g/mol. The number of hydrogen-bond acceptors (Lipinski definition) is 3. The molecule has 0 bridgehead atoms. The van der Waals surface area contributed by atoms with E-state index in [1.54, 1.807) is 0 Å². The highest BCUT2D eigenvalue weighted by Crippen LogP contribution is 2.30. The number of carbonyl (C=O) groups is 1. The molecule has 0 spiro atoms. The van der Waals surface area contributed by atoms with Crippen LogP contribution >= 0.6 is 0 Å². The first kappa shape index (κ1) is 15.2. The van der Waals surface area contributed by atoms with Crippen molar-refractivity contribution in [2.75, 3.05) is 13.6 Å². The summed E-state index contributed by atoms with van der Waals surface area (Å²) in [4.78, 5) is 18.7. The van der Waals surface area contributed by atoms with Gasteiger partial charge in [-0.25, -0.2) is 0 Å². The minimum atomic E-state index is 0.231. The molecule has 1 aliphatic carbocycles. The molecule has 1 aromatic rings. The van der Waals surface area contributed by atoms with E-state index >= 15 is 0 Å². The summed E-state index contributed by atoms with van der Waals surface area (Å²) in [6, 6.07) is 5.99. The molecule has 2 unspecified atom stereocenters. The Labute approximate surface area is 122 Å². The second-order valence-corrected chi connectivity index (χ2v) is 6.11. The summed E-state index contributed by atoms with van der Waals surface area (Å²) in [5.41, 5.74) is 1.07. The largest absolute Gasteiger partial charge is 0.300 e. The van der Waals surface area contributed by atoms with Crippen LogP contribution in [-0.2, 0) is 11.3 Å². The predicted octanol–water partition coefficient (Wildman–Crippen LogP) is 3.30. The molecule has 0 aromatic carbocycles. The molecule has 0 aliphatic heterocycles. The first-order chi connectivity index (χ1) is 9.69. The summed E-state index contributed by atoms with van der Waals surface area (Å²) in [7, 11) is 2.09. The Kier molecular flexibility index (Phi) is 5.72. The molecule has 3 heteroatoms. The summed E-state index contributed by atoms with van der Waals surface area (Å²) >= 11 is 0. The molecule has 3 nitrogen and oxygen atoms in total. The quantitative estimate of drug-likeness (QED) is 0.798. The first-order valence-corrected chi connectivity index (χ1v) is 7.80. The Morgan fingerprint density at radius 1 is 1.40 bits per heavy atom. The van der Waals surface area contributed by atoms with E-state index in [-0.39, 0.29) is 5.92 Å². The van der Waals surface area contributed by atoms with Gasteiger partial charge in [-0.2, -0.15) is 0 Å². The molecule has 1 saturated carbocycles. The standard InChI is InChI=1S/C17H26N2O/c1-3-6-14-8-9-17(20)15(11-14)12-19(2)13-16-7-4-5-10-18-16/h4-5,7,10,14-15H,3,6,8-9,11-13H2,1-2H3. The van der Waals surface area contributed by atoms with Crippen LogP contribution in [0.5, 0.6) is 0 Å². The van der Waals surface area contributed by atoms with Crippen molar-refractivity contribution in [2.24, 2.45) is 11.8 Å². The van der Waals surface area contributed by atoms with Crippen molar-refractivity contribution >= 4 is 5.78 Å². The number of hydrogen-bond donors (Lipinski definition) is 0. The van der Waals surface area contributed by atoms with Crippen molar-refractivity contribution in [1.29, 1.82) is 0 Å². The third-order valence-electron chi connectivity index (χ3n) is 4.26. The normalized spacial score (nSPS) is 23.2. The fraction of sp³-hybridized carbons (Fsp3) is 0.647. The number of aromatic nitrogens is 1. The van der Waals surface area contributed by atoms with Gasteiger partial charge in [0.05, 0.1) is 5.69 Å². The molecule has 1 heterocycles. The maximum absolute atomic E-state index is 12.1. The lowest BCUT2D eigenvalue weighted by Crippen LogP contribution is -2.34. The maximum atomic E-state index is 12.1. The third-order valence-corrected chi connectivity index (χ3v) is 4.26. The van der Waals surface area contributed by atoms with Gasteiger partial charge in [0.1, 0.15) is 5.78 Å². The van der Waals surface area contributed by atoms with E-state index in [0.717, 1.165) is 44.0 Å². The molecule has 110 valence electrons. The first-order valence-electron chi connectivity index (χ1n) is 7.80. The van der Waals surface area contributed by atoms with Crippen molar-refractivity contribution in [1.82, 2.24) is 9.88 Å². The van der Waals surface area contributed by atoms with Crippen LogP contribution in [0.2, 0.25) is 0 Å². The molecular formula is C17H26N2O. The molecule has 0 saturated heterocycles. The second-order valence-electron chi connectivity index (χ2n) is 6.11. The van der Waals surface area contributed by atoms with Crippen molar-refractivity contribution in [3.63, 3.8) is 0 Å². The van der Waals surface area contributed by atoms with Gasteiger partial charge in [0.2, 0.25) is 0 Å². The predicted molar refractivity (Wildman–Crippen MR) is 81.3 cm³/mol. The number of nitrogens with zero attached hydrogens (tertiary/aromatic N) is 2. The van der Waals surface area contributed by atoms with Crippen LogP contribution < -0.4 is 0 Å². The fourth-order valence-electron chi connectivity index (χ4n) is 3.26. The van der Waals surface area contributed by atoms with E-state index in [0.29, 0.717) is 5.78 Å². The van der Waals surface area contributed by atoms with Crippen LogP contribution in [0, 0.1) is 11.8 Å². The lowest BCUT2D eigenvalue weighted by atomic mass is 9.78. The SMILES string of the molecule is CCCC1CCC(=O)C(CN(C)Cc2ccccn2)C1. The third kappa shape index (κ3) is 4.41. The van der Waals surface area contributed by atoms with Crippen LogP contribution in [0.1, 0.15) is 44.7 Å². The van der Waals surface area contributed by atoms with Gasteiger partial charge in [-0.1, -0.05) is 25.8 Å². The summed E-state index contributed by atoms with van der Waals surface area (Å²) in [5, 5.41) is 0. The van der Waals surface area contributed by atoms with E-state index in [1.807, 2.05) is 24.4 Å². The van der Waals surface area contributed by atoms with Gasteiger partial charge in [0, 0.05) is 31.6 Å². The Balaban J connectivity index is 1.85. The Morgan fingerprint density at radius 3 is 2.95 bits per heavy atom. The van der Waals surface area contributed by atoms with Gasteiger partial charge in [0.25, 0.3) is 0 Å². The molecule has 20 heavy (non-hydrogen) atoms. The number of ketones is 1. The molecule has 1 fully saturated rings. The van der Waals surface area contributed by atoms with E-state index < -0.39 is 0 Å². The number of carbonyl (C=O) groups excluding carboxylic acids is 1. The van der Waals surface area contributed by atoms with Gasteiger partial charge in [-0.3, -0.25) is 14.7 Å². The molecular weight excluding hydrogens is 248 g/mol. The second kappa shape index (κ2) is 7.53. The van der Waals surface area contributed by atoms with Gasteiger partial charge in [-0.15, -0.1) is 0 Å². The van der Waals surface area contributed by atoms with E-state index in [2.05, 4.69) is 23.9 Å². The lowest BCUT2D eigenvalue weighted by Gasteiger charge is -2.30. The zero-order valence-electron chi connectivity index (χ0n) is 12.7. The molecule has 1 aliphatic rings. The number of Topliss-reactive ketones (excluding diaryl/α,β-unsaturated/α-hetero) is 1. The highest BCUT2D eigenvalue weighted by atomic mass is 16.1. The lowest BCUT2D eigenvalue weighted by molar-refractivity contribution is -0.126. The van der Waals surface area contributed by atoms with Crippen LogP contribution in [-0.4, -0.2) is 29.3 Å². The highest BCUT2D eigenvalue weighted by molar-refractivity contribution is 5.81. The topological polar surface area (TPSA) is 33.2 Å². The van der Waals surface area contributed by atoms with Crippen molar-refractivity contribution in [3.05, 3.63) is 30.1 Å². The number of rotatable bonds is 6. The average molecular weight is 274 g/mol. The molecule has 0 N–H and O–H groups in total. The maximum Gasteiger partial charge on any atom is 0.137 e. The summed E-state index contributed by atoms with van der Waals surface area (Å²) < 4.78 is 0. The van der Waals surface area contributed by atoms with Crippen LogP contribution in [0.15, 0.2) is 24.4 Å². The van der Waals surface area contributed by atoms with E-state index in [4.69, 9.17) is 0 Å². The zero-order valence-corrected chi connectivity index (χ0v) is 12.7. The number of pyridine rings is 1. The van der Waals surface area contributed by atoms with Gasteiger partial charge in [-0.05, 0) is 37.9 Å². The smallest absolute Gasteiger partial charge is 0.137 e. The van der Waals surface area contributed by atoms with Crippen molar-refractivity contribution < 1.29 is 4.79 Å². The molecule has 1 aromatic heterocycles. The van der Waals surface area contributed by atoms with Crippen LogP contribution in [0.4, 0.5) is 0 Å². The van der Waals surface area contributed by atoms with E-state index in [9.17, 15) is 4.79 Å². The van der Waals surface area contributed by atoms with Gasteiger partial charge < -0.3 is 0 Å². The summed E-state index contributed by atoms with van der Waals surface area (Å²) in [5.74, 6) is 1.45. The Hall–Kier alpha value is -1.22. The summed E-state index contributed by atoms with van der Waals surface area (Å²) in [6.07, 6.45) is 7.30. The average Bonchev–Trinajstić information content (AvgIpc) is 2.44. The van der Waals surface area contributed by atoms with Crippen LogP contribution in [0.25, 0.3) is 0 Å². The summed E-state index contributed by atoms with van der Waals surface area (Å²) in [6.45, 7) is 3.93. The van der Waals surface area contributed by atoms with E-state index in [1.165, 1.54) is 12.8 Å². The fourth-order valence-corrected chi connectivity index (χ4v) is 3.26. The zero-order chi connectivity index (χ0) is 14.4. The van der Waals surface area contributed by atoms with Gasteiger partial charge in [0.15, 0.2) is 0 Å². The minimum absolute atomic E-state index is 0.231. The molecule has 2 rings (SSSR count). The molecule has 2 atom stereocenters. The minimum Gasteiger partial charge on any atom is -0.300 e. The Bertz CT molecular complexity index is 418. The van der Waals surface area contributed by atoms with Crippen molar-refractivity contribution in [2.45, 2.75) is 45.6 Å². The van der Waals surface area contributed by atoms with Gasteiger partial charge >= 0.3 is 0 Å². The van der Waals surface area contributed by atoms with Crippen LogP contribution in [0.3, 0.4) is 0 Å².